The number of hydrogen-bond acceptors (Lipinski definition) is 2. The Morgan fingerprint density at radius 1 is 1.18 bits per heavy atom. The molecule has 1 aliphatic rings. The first-order valence-electron chi connectivity index (χ1n) is 11.4. The van der Waals surface area contributed by atoms with E-state index in [-0.39, 0.29) is 18.3 Å². The van der Waals surface area contributed by atoms with Crippen molar-refractivity contribution in [2.45, 2.75) is 70.7 Å². The number of fused-ring (bicyclic) bond motifs is 1. The fourth-order valence-electron chi connectivity index (χ4n) is 3.98. The van der Waals surface area contributed by atoms with Crippen LogP contribution in [0, 0.1) is 18.8 Å². The largest absolute Gasteiger partial charge is 0.406 e. The highest BCUT2D eigenvalue weighted by atomic mass is 32.2. The number of thioether (sulfide) groups is 1. The number of alkyl halides is 5. The van der Waals surface area contributed by atoms with Gasteiger partial charge in [0, 0.05) is 23.7 Å². The number of aryl methyl sites for hydroxylation is 1. The van der Waals surface area contributed by atoms with Gasteiger partial charge < -0.3 is 4.90 Å². The van der Waals surface area contributed by atoms with E-state index in [4.69, 9.17) is 0 Å². The highest BCUT2D eigenvalue weighted by Crippen LogP contribution is 2.47. The Balaban J connectivity index is 0.000000852. The van der Waals surface area contributed by atoms with E-state index in [0.29, 0.717) is 17.8 Å². The van der Waals surface area contributed by atoms with Crippen LogP contribution >= 0.6 is 11.8 Å². The molecule has 0 fully saturated rings. The molecule has 0 radical (unpaired) electrons. The molecule has 0 saturated heterocycles. The van der Waals surface area contributed by atoms with Crippen LogP contribution in [0.15, 0.2) is 55.3 Å². The van der Waals surface area contributed by atoms with E-state index in [1.165, 1.54) is 11.8 Å². The second-order valence-electron chi connectivity index (χ2n) is 9.14. The van der Waals surface area contributed by atoms with Gasteiger partial charge in [-0.15, -0.1) is 6.58 Å². The van der Waals surface area contributed by atoms with Gasteiger partial charge in [0.2, 0.25) is 5.92 Å². The summed E-state index contributed by atoms with van der Waals surface area (Å²) in [6, 6.07) is 5.76. The summed E-state index contributed by atoms with van der Waals surface area (Å²) in [4.78, 5) is 1.36. The topological polar surface area (TPSA) is 3.24 Å². The third-order valence-corrected chi connectivity index (χ3v) is 7.78. The molecule has 0 N–H and O–H groups in total. The number of anilines is 1. The lowest BCUT2D eigenvalue weighted by Crippen LogP contribution is -2.39. The Morgan fingerprint density at radius 3 is 2.15 bits per heavy atom. The van der Waals surface area contributed by atoms with Crippen molar-refractivity contribution in [2.24, 2.45) is 11.8 Å². The van der Waals surface area contributed by atoms with E-state index >= 15 is 0 Å². The number of rotatable bonds is 7. The van der Waals surface area contributed by atoms with Crippen LogP contribution in [-0.4, -0.2) is 29.6 Å². The van der Waals surface area contributed by atoms with Gasteiger partial charge >= 0.3 is 6.18 Å². The highest BCUT2D eigenvalue weighted by Gasteiger charge is 2.42. The monoisotopic (exact) mass is 503 g/mol. The molecule has 0 amide bonds. The standard InChI is InChI=1S/C23H30F3NS.C4H8F2/c1-8-18-13-19-11-10-15(3)12-20(19)27(14-23(24,25)26)17(5)21(18)16(4)22(6,9-2)28-7;1-3-4(2,5)6/h9-12,18,21H,2,4-5,8,13-14H2,1,3,6-7H3;3H2,1-2H3/t18-,21?,22-;/m0./s1. The number of halogens is 5. The zero-order valence-electron chi connectivity index (χ0n) is 21.2. The second kappa shape index (κ2) is 11.8. The molecule has 7 heteroatoms. The van der Waals surface area contributed by atoms with Crippen molar-refractivity contribution in [3.05, 3.63) is 66.4 Å². The average molecular weight is 504 g/mol. The summed E-state index contributed by atoms with van der Waals surface area (Å²) in [6.07, 6.45) is 0.938. The normalized spacial score (nSPS) is 20.4. The molecule has 1 aromatic carbocycles. The fraction of sp³-hybridized carbons (Fsp3) is 0.556. The Kier molecular flexibility index (Phi) is 10.5. The predicted octanol–water partition coefficient (Wildman–Crippen LogP) is 8.99. The lowest BCUT2D eigenvalue weighted by molar-refractivity contribution is -0.119. The molecule has 192 valence electrons. The number of benzene rings is 1. The summed E-state index contributed by atoms with van der Waals surface area (Å²) in [7, 11) is 0. The minimum Gasteiger partial charge on any atom is -0.336 e. The van der Waals surface area contributed by atoms with E-state index in [9.17, 15) is 22.0 Å². The molecule has 0 spiro atoms. The summed E-state index contributed by atoms with van der Waals surface area (Å²) in [5.74, 6) is -2.58. The van der Waals surface area contributed by atoms with Crippen LogP contribution in [-0.2, 0) is 6.42 Å². The van der Waals surface area contributed by atoms with Gasteiger partial charge in [-0.3, -0.25) is 0 Å². The molecule has 0 bridgehead atoms. The summed E-state index contributed by atoms with van der Waals surface area (Å²) in [6.45, 7) is 19.8. The van der Waals surface area contributed by atoms with Gasteiger partial charge in [0.05, 0.1) is 4.75 Å². The Hall–Kier alpha value is -1.76. The Bertz CT molecular complexity index is 871. The molecule has 1 aromatic rings. The molecular formula is C27H38F5NS. The summed E-state index contributed by atoms with van der Waals surface area (Å²) >= 11 is 1.60. The summed E-state index contributed by atoms with van der Waals surface area (Å²) in [5.41, 5.74) is 3.82. The molecular weight excluding hydrogens is 465 g/mol. The van der Waals surface area contributed by atoms with Crippen molar-refractivity contribution < 1.29 is 22.0 Å². The highest BCUT2D eigenvalue weighted by molar-refractivity contribution is 8.00. The van der Waals surface area contributed by atoms with Crippen molar-refractivity contribution in [3.8, 4) is 0 Å². The van der Waals surface area contributed by atoms with E-state index in [1.807, 2.05) is 44.4 Å². The fourth-order valence-corrected chi connectivity index (χ4v) is 4.53. The van der Waals surface area contributed by atoms with Crippen molar-refractivity contribution in [1.82, 2.24) is 0 Å². The lowest BCUT2D eigenvalue weighted by atomic mass is 9.76. The van der Waals surface area contributed by atoms with Gasteiger partial charge in [-0.25, -0.2) is 8.78 Å². The minimum atomic E-state index is -4.33. The molecule has 34 heavy (non-hydrogen) atoms. The van der Waals surface area contributed by atoms with Gasteiger partial charge in [0.15, 0.2) is 0 Å². The minimum absolute atomic E-state index is 0.0625. The third-order valence-electron chi connectivity index (χ3n) is 6.50. The SMILES string of the molecule is C=C[C@](C)(SC)C(=C)C1C(=C)N(CC(F)(F)F)c2cc(C)ccc2C[C@@H]1CC.CCC(C)(F)F. The molecule has 0 saturated carbocycles. The van der Waals surface area contributed by atoms with Crippen LogP contribution in [0.3, 0.4) is 0 Å². The number of hydrogen-bond donors (Lipinski definition) is 0. The van der Waals surface area contributed by atoms with Crippen LogP contribution in [0.4, 0.5) is 27.6 Å². The molecule has 1 nitrogen and oxygen atoms in total. The van der Waals surface area contributed by atoms with Gasteiger partial charge in [-0.2, -0.15) is 24.9 Å². The van der Waals surface area contributed by atoms with Crippen molar-refractivity contribution >= 4 is 17.4 Å². The van der Waals surface area contributed by atoms with Crippen LogP contribution < -0.4 is 4.90 Å². The molecule has 1 aliphatic heterocycles. The maximum Gasteiger partial charge on any atom is 0.406 e. The van der Waals surface area contributed by atoms with Gasteiger partial charge in [-0.1, -0.05) is 51.6 Å². The van der Waals surface area contributed by atoms with Crippen LogP contribution in [0.2, 0.25) is 0 Å². The Morgan fingerprint density at radius 2 is 1.74 bits per heavy atom. The molecule has 0 aliphatic carbocycles. The predicted molar refractivity (Wildman–Crippen MR) is 137 cm³/mol. The maximum atomic E-state index is 13.5. The third kappa shape index (κ3) is 7.89. The first-order chi connectivity index (χ1) is 15.5. The van der Waals surface area contributed by atoms with Crippen LogP contribution in [0.1, 0.15) is 51.7 Å². The zero-order valence-corrected chi connectivity index (χ0v) is 22.0. The molecule has 1 unspecified atom stereocenters. The number of nitrogens with zero attached hydrogens (tertiary/aromatic N) is 1. The van der Waals surface area contributed by atoms with E-state index < -0.39 is 23.4 Å². The molecule has 1 heterocycles. The van der Waals surface area contributed by atoms with Gasteiger partial charge in [-0.05, 0) is 62.1 Å². The lowest BCUT2D eigenvalue weighted by Gasteiger charge is -2.39. The summed E-state index contributed by atoms with van der Waals surface area (Å²) in [5, 5.41) is 0. The zero-order chi connectivity index (χ0) is 26.5. The first-order valence-corrected chi connectivity index (χ1v) is 12.6. The average Bonchev–Trinajstić information content (AvgIpc) is 2.86. The van der Waals surface area contributed by atoms with Crippen LogP contribution in [0.5, 0.6) is 0 Å². The first kappa shape index (κ1) is 30.3. The van der Waals surface area contributed by atoms with Crippen molar-refractivity contribution in [2.75, 3.05) is 17.7 Å². The number of allylic oxidation sites excluding steroid dienone is 1. The Labute approximate surface area is 206 Å². The molecule has 2 rings (SSSR count). The van der Waals surface area contributed by atoms with E-state index in [0.717, 1.165) is 30.0 Å². The summed E-state index contributed by atoms with van der Waals surface area (Å²) < 4.78 is 62.9. The molecule has 3 atom stereocenters. The van der Waals surface area contributed by atoms with Crippen molar-refractivity contribution in [1.29, 1.82) is 0 Å². The van der Waals surface area contributed by atoms with Gasteiger partial charge in [0.25, 0.3) is 0 Å². The maximum absolute atomic E-state index is 13.5. The quantitative estimate of drug-likeness (QED) is 0.270. The molecule has 0 aromatic heterocycles. The van der Waals surface area contributed by atoms with Crippen LogP contribution in [0.25, 0.3) is 0 Å². The smallest absolute Gasteiger partial charge is 0.336 e. The van der Waals surface area contributed by atoms with Gasteiger partial charge in [0.1, 0.15) is 6.54 Å². The van der Waals surface area contributed by atoms with E-state index in [2.05, 4.69) is 26.7 Å². The second-order valence-corrected chi connectivity index (χ2v) is 10.4. The van der Waals surface area contributed by atoms with Crippen molar-refractivity contribution in [3.63, 3.8) is 0 Å². The van der Waals surface area contributed by atoms with E-state index in [1.54, 1.807) is 11.8 Å².